The van der Waals surface area contributed by atoms with Gasteiger partial charge in [-0.25, -0.2) is 9.18 Å². The van der Waals surface area contributed by atoms with E-state index in [9.17, 15) is 9.18 Å². The predicted octanol–water partition coefficient (Wildman–Crippen LogP) is 5.49. The van der Waals surface area contributed by atoms with Gasteiger partial charge in [-0.2, -0.15) is 0 Å². The Morgan fingerprint density at radius 1 is 1.35 bits per heavy atom. The lowest BCUT2D eigenvalue weighted by Crippen LogP contribution is -2.23. The molecule has 0 heterocycles. The summed E-state index contributed by atoms with van der Waals surface area (Å²) in [6, 6.07) is 5.68. The van der Waals surface area contributed by atoms with Gasteiger partial charge in [0.15, 0.2) is 0 Å². The van der Waals surface area contributed by atoms with E-state index in [1.54, 1.807) is 6.07 Å². The third-order valence-electron chi connectivity index (χ3n) is 4.50. The van der Waals surface area contributed by atoms with Crippen LogP contribution in [0.2, 0.25) is 0 Å². The molecular weight excluding hydrogens is 315 g/mol. The summed E-state index contributed by atoms with van der Waals surface area (Å²) in [5, 5.41) is 0. The van der Waals surface area contributed by atoms with Gasteiger partial charge in [-0.05, 0) is 61.6 Å². The first-order valence-corrected chi connectivity index (χ1v) is 8.83. The van der Waals surface area contributed by atoms with Gasteiger partial charge < -0.3 is 4.74 Å². The zero-order chi connectivity index (χ0) is 16.7. The van der Waals surface area contributed by atoms with E-state index in [-0.39, 0.29) is 11.9 Å². The number of halogens is 2. The Bertz CT molecular complexity index is 548. The lowest BCUT2D eigenvalue weighted by atomic mass is 9.82. The maximum Gasteiger partial charge on any atom is 0.331 e. The molecule has 1 saturated carbocycles. The van der Waals surface area contributed by atoms with E-state index < -0.39 is 5.97 Å². The molecule has 0 atom stereocenters. The molecule has 1 aromatic rings. The lowest BCUT2D eigenvalue weighted by Gasteiger charge is -2.28. The molecule has 0 N–H and O–H groups in total. The second kappa shape index (κ2) is 9.07. The molecule has 1 fully saturated rings. The van der Waals surface area contributed by atoms with Crippen molar-refractivity contribution >= 4 is 17.6 Å². The van der Waals surface area contributed by atoms with Crippen LogP contribution < -0.4 is 0 Å². The van der Waals surface area contributed by atoms with Crippen LogP contribution in [0.5, 0.6) is 0 Å². The highest BCUT2D eigenvalue weighted by Gasteiger charge is 2.24. The van der Waals surface area contributed by atoms with Crippen LogP contribution >= 0.6 is 11.6 Å². The van der Waals surface area contributed by atoms with Gasteiger partial charge in [-0.3, -0.25) is 0 Å². The van der Waals surface area contributed by atoms with Gasteiger partial charge in [0.05, 0.1) is 0 Å². The van der Waals surface area contributed by atoms with Gasteiger partial charge in [0, 0.05) is 11.6 Å². The number of hydrogen-bond donors (Lipinski definition) is 0. The number of rotatable bonds is 6. The second-order valence-corrected chi connectivity index (χ2v) is 6.41. The van der Waals surface area contributed by atoms with Crippen LogP contribution in [0.4, 0.5) is 4.39 Å². The van der Waals surface area contributed by atoms with E-state index in [1.165, 1.54) is 6.08 Å². The number of hydrogen-bond acceptors (Lipinski definition) is 2. The summed E-state index contributed by atoms with van der Waals surface area (Å²) in [6.07, 6.45) is 7.51. The molecule has 0 aromatic heterocycles. The van der Waals surface area contributed by atoms with Gasteiger partial charge in [0.2, 0.25) is 0 Å². The molecule has 23 heavy (non-hydrogen) atoms. The maximum absolute atomic E-state index is 14.2. The molecule has 0 unspecified atom stereocenters. The maximum atomic E-state index is 14.2. The molecule has 0 aliphatic heterocycles. The van der Waals surface area contributed by atoms with Gasteiger partial charge in [-0.1, -0.05) is 37.1 Å². The van der Waals surface area contributed by atoms with Gasteiger partial charge >= 0.3 is 5.97 Å². The molecule has 2 rings (SSSR count). The molecule has 2 nitrogen and oxygen atoms in total. The Labute approximate surface area is 142 Å². The van der Waals surface area contributed by atoms with Crippen LogP contribution in [-0.2, 0) is 16.0 Å². The van der Waals surface area contributed by atoms with E-state index >= 15 is 0 Å². The largest absolute Gasteiger partial charge is 0.459 e. The van der Waals surface area contributed by atoms with Crippen LogP contribution in [0.1, 0.15) is 62.5 Å². The van der Waals surface area contributed by atoms with Gasteiger partial charge in [0.1, 0.15) is 11.9 Å². The van der Waals surface area contributed by atoms with Crippen molar-refractivity contribution in [3.8, 4) is 0 Å². The lowest BCUT2D eigenvalue weighted by molar-refractivity contribution is -0.144. The number of aryl methyl sites for hydroxylation is 1. The Morgan fingerprint density at radius 2 is 2.09 bits per heavy atom. The normalized spacial score (nSPS) is 21.5. The Balaban J connectivity index is 1.90. The fraction of sp³-hybridized carbons (Fsp3) is 0.526. The third kappa shape index (κ3) is 5.35. The first kappa shape index (κ1) is 18.0. The van der Waals surface area contributed by atoms with E-state index in [0.717, 1.165) is 61.6 Å². The number of unbranched alkanes of at least 4 members (excludes halogenated alkanes) is 1. The van der Waals surface area contributed by atoms with Crippen molar-refractivity contribution in [3.05, 3.63) is 46.8 Å². The van der Waals surface area contributed by atoms with Gasteiger partial charge in [-0.15, -0.1) is 0 Å². The first-order valence-electron chi connectivity index (χ1n) is 8.39. The highest BCUT2D eigenvalue weighted by molar-refractivity contribution is 6.26. The Morgan fingerprint density at radius 3 is 2.70 bits per heavy atom. The third-order valence-corrected chi connectivity index (χ3v) is 4.63. The van der Waals surface area contributed by atoms with Crippen molar-refractivity contribution in [3.63, 3.8) is 0 Å². The predicted molar refractivity (Wildman–Crippen MR) is 91.1 cm³/mol. The summed E-state index contributed by atoms with van der Waals surface area (Å²) in [5.74, 6) is -0.130. The Kier molecular flexibility index (Phi) is 7.10. The molecule has 0 bridgehead atoms. The van der Waals surface area contributed by atoms with E-state index in [0.29, 0.717) is 5.92 Å². The van der Waals surface area contributed by atoms with Crippen LogP contribution in [-0.4, -0.2) is 12.1 Å². The summed E-state index contributed by atoms with van der Waals surface area (Å²) in [4.78, 5) is 11.4. The minimum absolute atomic E-state index is 0.0553. The zero-order valence-electron chi connectivity index (χ0n) is 13.6. The van der Waals surface area contributed by atoms with E-state index in [1.807, 2.05) is 6.07 Å². The highest BCUT2D eigenvalue weighted by atomic mass is 35.5. The number of esters is 1. The number of ether oxygens (including phenoxy) is 1. The summed E-state index contributed by atoms with van der Waals surface area (Å²) in [7, 11) is 0. The quantitative estimate of drug-likeness (QED) is 0.506. The van der Waals surface area contributed by atoms with Crippen molar-refractivity contribution in [1.29, 1.82) is 0 Å². The second-order valence-electron chi connectivity index (χ2n) is 6.16. The molecule has 0 spiro atoms. The van der Waals surface area contributed by atoms with Crippen molar-refractivity contribution in [2.75, 3.05) is 0 Å². The Hall–Kier alpha value is -1.35. The monoisotopic (exact) mass is 338 g/mol. The number of benzene rings is 1. The van der Waals surface area contributed by atoms with Crippen LogP contribution in [0.15, 0.2) is 29.8 Å². The standard InChI is InChI=1S/C19H24ClFO2/c1-2-3-4-15-5-6-16(13-18(15)21)14-7-9-17(10-8-14)23-19(22)11-12-20/h5-6,11-14,17H,2-4,7-10H2,1H3. The smallest absolute Gasteiger partial charge is 0.331 e. The summed E-state index contributed by atoms with van der Waals surface area (Å²) in [6.45, 7) is 2.11. The van der Waals surface area contributed by atoms with Crippen LogP contribution in [0.25, 0.3) is 0 Å². The first-order chi connectivity index (χ1) is 11.1. The molecule has 1 aromatic carbocycles. The van der Waals surface area contributed by atoms with Crippen LogP contribution in [0.3, 0.4) is 0 Å². The fourth-order valence-electron chi connectivity index (χ4n) is 3.16. The van der Waals surface area contributed by atoms with Crippen LogP contribution in [0, 0.1) is 5.82 Å². The fourth-order valence-corrected chi connectivity index (χ4v) is 3.26. The molecule has 4 heteroatoms. The van der Waals surface area contributed by atoms with Crippen molar-refractivity contribution in [1.82, 2.24) is 0 Å². The number of carbonyl (C=O) groups excluding carboxylic acids is 1. The van der Waals surface area contributed by atoms with Crippen molar-refractivity contribution in [2.45, 2.75) is 63.9 Å². The number of carbonyl (C=O) groups is 1. The van der Waals surface area contributed by atoms with E-state index in [4.69, 9.17) is 16.3 Å². The molecular formula is C19H24ClFO2. The molecule has 1 aliphatic carbocycles. The SMILES string of the molecule is CCCCc1ccc(C2CCC(OC(=O)C=CCl)CC2)cc1F. The summed E-state index contributed by atoms with van der Waals surface area (Å²) >= 11 is 5.36. The minimum atomic E-state index is -0.394. The molecule has 0 amide bonds. The summed E-state index contributed by atoms with van der Waals surface area (Å²) < 4.78 is 19.5. The topological polar surface area (TPSA) is 26.3 Å². The summed E-state index contributed by atoms with van der Waals surface area (Å²) in [5.41, 5.74) is 3.04. The molecule has 0 radical (unpaired) electrons. The minimum Gasteiger partial charge on any atom is -0.459 e. The van der Waals surface area contributed by atoms with Gasteiger partial charge in [0.25, 0.3) is 0 Å². The van der Waals surface area contributed by atoms with Crippen molar-refractivity contribution < 1.29 is 13.9 Å². The molecule has 0 saturated heterocycles. The average molecular weight is 339 g/mol. The van der Waals surface area contributed by atoms with E-state index in [2.05, 4.69) is 13.0 Å². The average Bonchev–Trinajstić information content (AvgIpc) is 2.54. The van der Waals surface area contributed by atoms with Crippen molar-refractivity contribution in [2.24, 2.45) is 0 Å². The zero-order valence-corrected chi connectivity index (χ0v) is 14.3. The molecule has 1 aliphatic rings. The highest BCUT2D eigenvalue weighted by Crippen LogP contribution is 2.34. The molecule has 126 valence electrons.